The van der Waals surface area contributed by atoms with Gasteiger partial charge in [0.2, 0.25) is 5.91 Å². The zero-order chi connectivity index (χ0) is 16.8. The van der Waals surface area contributed by atoms with Crippen molar-refractivity contribution in [3.63, 3.8) is 0 Å². The first kappa shape index (κ1) is 16.3. The summed E-state index contributed by atoms with van der Waals surface area (Å²) in [5.74, 6) is 0.814. The number of aromatic nitrogens is 3. The molecule has 2 aromatic heterocycles. The number of hydrogen-bond acceptors (Lipinski definition) is 6. The van der Waals surface area contributed by atoms with Crippen molar-refractivity contribution in [2.75, 3.05) is 32.1 Å². The Bertz CT molecular complexity index is 680. The number of carbonyl (C=O) groups is 1. The molecule has 3 heterocycles. The van der Waals surface area contributed by atoms with Gasteiger partial charge in [0.15, 0.2) is 0 Å². The lowest BCUT2D eigenvalue weighted by Crippen LogP contribution is -2.42. The lowest BCUT2D eigenvalue weighted by molar-refractivity contribution is -0.139. The average molecular weight is 327 g/mol. The van der Waals surface area contributed by atoms with Crippen LogP contribution in [0.1, 0.15) is 23.8 Å². The normalized spacial score (nSPS) is 17.5. The van der Waals surface area contributed by atoms with Gasteiger partial charge in [0.05, 0.1) is 13.2 Å². The quantitative estimate of drug-likeness (QED) is 0.895. The smallest absolute Gasteiger partial charge is 0.223 e. The van der Waals surface area contributed by atoms with Crippen LogP contribution < -0.4 is 5.32 Å². The summed E-state index contributed by atoms with van der Waals surface area (Å²) in [5.41, 5.74) is 1.81. The van der Waals surface area contributed by atoms with Crippen LogP contribution in [0.4, 0.5) is 5.82 Å². The maximum absolute atomic E-state index is 12.5. The molecule has 1 N–H and O–H groups in total. The third-order valence-electron chi connectivity index (χ3n) is 4.04. The molecule has 0 unspecified atom stereocenters. The summed E-state index contributed by atoms with van der Waals surface area (Å²) in [4.78, 5) is 27.0. The Morgan fingerprint density at radius 1 is 1.38 bits per heavy atom. The first-order valence-electron chi connectivity index (χ1n) is 8.05. The lowest BCUT2D eigenvalue weighted by Gasteiger charge is -2.33. The second kappa shape index (κ2) is 7.83. The largest absolute Gasteiger partial charge is 0.372 e. The number of amides is 1. The standard InChI is InChI=1S/C17H21N5O2/c1-18-17-16(20-7-8-21-17)14-12-22(9-10-24-14)15(23)5-4-13-3-2-6-19-11-13/h2-3,6-8,11,14H,4-5,9-10,12H2,1H3,(H,18,21)/t14-/m1/s1. The molecule has 7 heteroatoms. The van der Waals surface area contributed by atoms with E-state index in [0.717, 1.165) is 11.3 Å². The monoisotopic (exact) mass is 327 g/mol. The van der Waals surface area contributed by atoms with Crippen molar-refractivity contribution in [3.8, 4) is 0 Å². The third kappa shape index (κ3) is 3.86. The molecule has 1 amide bonds. The van der Waals surface area contributed by atoms with Crippen LogP contribution in [0.25, 0.3) is 0 Å². The van der Waals surface area contributed by atoms with Gasteiger partial charge in [-0.05, 0) is 18.1 Å². The summed E-state index contributed by atoms with van der Waals surface area (Å²) in [6.45, 7) is 1.61. The molecule has 1 fully saturated rings. The number of aryl methyl sites for hydroxylation is 1. The van der Waals surface area contributed by atoms with E-state index in [1.165, 1.54) is 0 Å². The molecule has 1 aliphatic heterocycles. The lowest BCUT2D eigenvalue weighted by atomic mass is 10.1. The van der Waals surface area contributed by atoms with Gasteiger partial charge in [-0.3, -0.25) is 14.8 Å². The molecule has 24 heavy (non-hydrogen) atoms. The molecular formula is C17H21N5O2. The highest BCUT2D eigenvalue weighted by atomic mass is 16.5. The first-order chi connectivity index (χ1) is 11.8. The second-order valence-corrected chi connectivity index (χ2v) is 5.60. The van der Waals surface area contributed by atoms with Gasteiger partial charge in [0, 0.05) is 44.8 Å². The number of nitrogens with zero attached hydrogens (tertiary/aromatic N) is 4. The van der Waals surface area contributed by atoms with Gasteiger partial charge in [-0.25, -0.2) is 4.98 Å². The summed E-state index contributed by atoms with van der Waals surface area (Å²) in [6.07, 6.45) is 7.72. The van der Waals surface area contributed by atoms with Crippen molar-refractivity contribution in [2.24, 2.45) is 0 Å². The maximum Gasteiger partial charge on any atom is 0.223 e. The van der Waals surface area contributed by atoms with Gasteiger partial charge in [-0.15, -0.1) is 0 Å². The van der Waals surface area contributed by atoms with Crippen molar-refractivity contribution in [2.45, 2.75) is 18.9 Å². The fraction of sp³-hybridized carbons (Fsp3) is 0.412. The summed E-state index contributed by atoms with van der Waals surface area (Å²) in [7, 11) is 1.80. The van der Waals surface area contributed by atoms with Crippen molar-refractivity contribution < 1.29 is 9.53 Å². The number of carbonyl (C=O) groups excluding carboxylic acids is 1. The van der Waals surface area contributed by atoms with E-state index in [0.29, 0.717) is 38.4 Å². The highest BCUT2D eigenvalue weighted by Crippen LogP contribution is 2.25. The van der Waals surface area contributed by atoms with Crippen molar-refractivity contribution in [1.29, 1.82) is 0 Å². The summed E-state index contributed by atoms with van der Waals surface area (Å²) in [5, 5.41) is 3.02. The molecule has 3 rings (SSSR count). The molecule has 0 spiro atoms. The number of rotatable bonds is 5. The maximum atomic E-state index is 12.5. The highest BCUT2D eigenvalue weighted by Gasteiger charge is 2.28. The fourth-order valence-electron chi connectivity index (χ4n) is 2.77. The number of hydrogen-bond donors (Lipinski definition) is 1. The Morgan fingerprint density at radius 2 is 2.25 bits per heavy atom. The van der Waals surface area contributed by atoms with E-state index in [1.54, 1.807) is 31.8 Å². The van der Waals surface area contributed by atoms with Gasteiger partial charge in [0.1, 0.15) is 17.6 Å². The molecule has 1 saturated heterocycles. The Morgan fingerprint density at radius 3 is 3.04 bits per heavy atom. The van der Waals surface area contributed by atoms with Crippen molar-refractivity contribution in [3.05, 3.63) is 48.2 Å². The fourth-order valence-corrected chi connectivity index (χ4v) is 2.77. The van der Waals surface area contributed by atoms with Crippen LogP contribution in [0.15, 0.2) is 36.9 Å². The van der Waals surface area contributed by atoms with Crippen LogP contribution in [0.5, 0.6) is 0 Å². The molecular weight excluding hydrogens is 306 g/mol. The van der Waals surface area contributed by atoms with Crippen LogP contribution >= 0.6 is 0 Å². The van der Waals surface area contributed by atoms with Crippen LogP contribution in [-0.4, -0.2) is 52.5 Å². The van der Waals surface area contributed by atoms with E-state index in [2.05, 4.69) is 20.3 Å². The van der Waals surface area contributed by atoms with Crippen molar-refractivity contribution in [1.82, 2.24) is 19.9 Å². The summed E-state index contributed by atoms with van der Waals surface area (Å²) >= 11 is 0. The first-order valence-corrected chi connectivity index (χ1v) is 8.05. The van der Waals surface area contributed by atoms with Crippen LogP contribution in [0.2, 0.25) is 0 Å². The highest BCUT2D eigenvalue weighted by molar-refractivity contribution is 5.76. The predicted octanol–water partition coefficient (Wildman–Crippen LogP) is 1.45. The number of ether oxygens (including phenoxy) is 1. The van der Waals surface area contributed by atoms with Crippen LogP contribution in [0.3, 0.4) is 0 Å². The molecule has 1 atom stereocenters. The summed E-state index contributed by atoms with van der Waals surface area (Å²) in [6, 6.07) is 3.87. The van der Waals surface area contributed by atoms with E-state index >= 15 is 0 Å². The molecule has 0 bridgehead atoms. The molecule has 7 nitrogen and oxygen atoms in total. The van der Waals surface area contributed by atoms with Crippen LogP contribution in [0, 0.1) is 0 Å². The van der Waals surface area contributed by atoms with E-state index in [9.17, 15) is 4.79 Å². The van der Waals surface area contributed by atoms with E-state index < -0.39 is 0 Å². The minimum Gasteiger partial charge on any atom is -0.372 e. The topological polar surface area (TPSA) is 80.2 Å². The van der Waals surface area contributed by atoms with Crippen LogP contribution in [-0.2, 0) is 16.0 Å². The number of pyridine rings is 1. The van der Waals surface area contributed by atoms with Crippen molar-refractivity contribution >= 4 is 11.7 Å². The molecule has 0 aromatic carbocycles. The van der Waals surface area contributed by atoms with E-state index in [-0.39, 0.29) is 12.0 Å². The zero-order valence-corrected chi connectivity index (χ0v) is 13.7. The number of nitrogens with one attached hydrogen (secondary N) is 1. The second-order valence-electron chi connectivity index (χ2n) is 5.60. The van der Waals surface area contributed by atoms with Gasteiger partial charge < -0.3 is 15.0 Å². The summed E-state index contributed by atoms with van der Waals surface area (Å²) < 4.78 is 5.80. The Kier molecular flexibility index (Phi) is 5.32. The average Bonchev–Trinajstić information content (AvgIpc) is 2.67. The molecule has 0 radical (unpaired) electrons. The Hall–Kier alpha value is -2.54. The minimum absolute atomic E-state index is 0.127. The van der Waals surface area contributed by atoms with Gasteiger partial charge in [0.25, 0.3) is 0 Å². The number of anilines is 1. The zero-order valence-electron chi connectivity index (χ0n) is 13.7. The molecule has 126 valence electrons. The van der Waals surface area contributed by atoms with E-state index in [1.807, 2.05) is 17.0 Å². The van der Waals surface area contributed by atoms with Gasteiger partial charge >= 0.3 is 0 Å². The van der Waals surface area contributed by atoms with E-state index in [4.69, 9.17) is 4.74 Å². The Labute approximate surface area is 141 Å². The van der Waals surface area contributed by atoms with Gasteiger partial charge in [-0.1, -0.05) is 6.07 Å². The molecule has 0 saturated carbocycles. The molecule has 0 aliphatic carbocycles. The third-order valence-corrected chi connectivity index (χ3v) is 4.04. The number of morpholine rings is 1. The van der Waals surface area contributed by atoms with Gasteiger partial charge in [-0.2, -0.15) is 0 Å². The molecule has 1 aliphatic rings. The predicted molar refractivity (Wildman–Crippen MR) is 89.4 cm³/mol. The molecule has 2 aromatic rings. The minimum atomic E-state index is -0.253. The SMILES string of the molecule is CNc1nccnc1[C@H]1CN(C(=O)CCc2cccnc2)CCO1. The Balaban J connectivity index is 1.61.